The number of nitrogens with two attached hydrogens (primary N) is 1. The number of amides is 4. The predicted octanol–water partition coefficient (Wildman–Crippen LogP) is 4.88. The van der Waals surface area contributed by atoms with Gasteiger partial charge < -0.3 is 21.1 Å². The lowest BCUT2D eigenvalue weighted by Crippen LogP contribution is -2.44. The smallest absolute Gasteiger partial charge is 0.324 e. The summed E-state index contributed by atoms with van der Waals surface area (Å²) in [4.78, 5) is 42.2. The second-order valence-corrected chi connectivity index (χ2v) is 10.6. The van der Waals surface area contributed by atoms with E-state index in [1.54, 1.807) is 41.3 Å². The Balaban J connectivity index is 1.52. The van der Waals surface area contributed by atoms with E-state index in [4.69, 9.17) is 5.73 Å². The first-order chi connectivity index (χ1) is 20.3. The van der Waals surface area contributed by atoms with Crippen molar-refractivity contribution in [1.29, 1.82) is 0 Å². The maximum atomic E-state index is 13.6. The molecule has 0 saturated heterocycles. The molecule has 3 unspecified atom stereocenters. The Morgan fingerprint density at radius 3 is 2.26 bits per heavy atom. The number of halogens is 1. The van der Waals surface area contributed by atoms with Crippen molar-refractivity contribution in [2.24, 2.45) is 11.7 Å². The molecule has 4 N–H and O–H groups in total. The maximum Gasteiger partial charge on any atom is 0.324 e. The van der Waals surface area contributed by atoms with Gasteiger partial charge in [-0.05, 0) is 66.6 Å². The predicted molar refractivity (Wildman–Crippen MR) is 160 cm³/mol. The lowest BCUT2D eigenvalue weighted by molar-refractivity contribution is -0.131. The van der Waals surface area contributed by atoms with Gasteiger partial charge in [0.05, 0.1) is 13.2 Å². The third kappa shape index (κ3) is 7.53. The summed E-state index contributed by atoms with van der Waals surface area (Å²) in [5.74, 6) is -1.51. The van der Waals surface area contributed by atoms with Gasteiger partial charge in [-0.25, -0.2) is 9.18 Å². The number of primary amides is 1. The van der Waals surface area contributed by atoms with Crippen molar-refractivity contribution in [1.82, 2.24) is 10.2 Å². The zero-order chi connectivity index (χ0) is 30.1. The van der Waals surface area contributed by atoms with E-state index in [0.29, 0.717) is 24.2 Å². The monoisotopic (exact) mass is 574 g/mol. The molecule has 1 saturated carbocycles. The first-order valence-corrected chi connectivity index (χ1v) is 14.5. The van der Waals surface area contributed by atoms with Crippen LogP contribution in [0.1, 0.15) is 61.3 Å². The Labute approximate surface area is 246 Å². The van der Waals surface area contributed by atoms with Gasteiger partial charge in [0.15, 0.2) is 0 Å². The highest BCUT2D eigenvalue weighted by Gasteiger charge is 2.34. The van der Waals surface area contributed by atoms with Crippen LogP contribution in [0.5, 0.6) is 0 Å². The van der Waals surface area contributed by atoms with E-state index in [9.17, 15) is 23.9 Å². The summed E-state index contributed by atoms with van der Waals surface area (Å²) in [6, 6.07) is 21.5. The van der Waals surface area contributed by atoms with E-state index in [2.05, 4.69) is 5.32 Å². The Kier molecular flexibility index (Phi) is 10.7. The molecule has 0 radical (unpaired) electrons. The van der Waals surface area contributed by atoms with Crippen molar-refractivity contribution in [3.8, 4) is 0 Å². The largest absolute Gasteiger partial charge is 0.395 e. The highest BCUT2D eigenvalue weighted by Crippen LogP contribution is 2.38. The van der Waals surface area contributed by atoms with Crippen molar-refractivity contribution in [3.05, 3.63) is 101 Å². The van der Waals surface area contributed by atoms with Gasteiger partial charge in [-0.3, -0.25) is 14.5 Å². The molecule has 0 heterocycles. The standard InChI is InChI=1S/C33H39FN4O4/c1-2-37(20-21-39)33(42)38(27-18-16-26(34)17-19-27)22-23-12-14-24(15-13-23)28-10-6-7-11-29(28)32(41)36-30(31(35)40)25-8-4-3-5-9-25/h3-5,8-9,12-19,28-30,39H,2,6-7,10-11,20-22H2,1H3,(H2,35,40)(H,36,41). The molecule has 9 heteroatoms. The van der Waals surface area contributed by atoms with Gasteiger partial charge in [0.1, 0.15) is 11.9 Å². The van der Waals surface area contributed by atoms with Crippen LogP contribution in [0.2, 0.25) is 0 Å². The Hall–Kier alpha value is -4.24. The number of aliphatic hydroxyl groups is 1. The van der Waals surface area contributed by atoms with Crippen molar-refractivity contribution in [3.63, 3.8) is 0 Å². The summed E-state index contributed by atoms with van der Waals surface area (Å²) in [7, 11) is 0. The van der Waals surface area contributed by atoms with E-state index in [0.717, 1.165) is 30.4 Å². The quantitative estimate of drug-likeness (QED) is 0.303. The molecule has 3 atom stereocenters. The lowest BCUT2D eigenvalue weighted by Gasteiger charge is -2.32. The molecule has 8 nitrogen and oxygen atoms in total. The second-order valence-electron chi connectivity index (χ2n) is 10.6. The van der Waals surface area contributed by atoms with Crippen LogP contribution in [-0.2, 0) is 16.1 Å². The fraction of sp³-hybridized carbons (Fsp3) is 0.364. The van der Waals surface area contributed by atoms with E-state index < -0.39 is 17.8 Å². The molecule has 0 bridgehead atoms. The number of aliphatic hydroxyl groups excluding tert-OH is 1. The van der Waals surface area contributed by atoms with Gasteiger partial charge in [0.2, 0.25) is 11.8 Å². The number of rotatable bonds is 11. The summed E-state index contributed by atoms with van der Waals surface area (Å²) in [5, 5.41) is 12.3. The number of hydrogen-bond acceptors (Lipinski definition) is 4. The molecular weight excluding hydrogens is 535 g/mol. The number of carbonyl (C=O) groups is 3. The minimum absolute atomic E-state index is 0.0212. The van der Waals surface area contributed by atoms with Crippen LogP contribution in [0.3, 0.4) is 0 Å². The van der Waals surface area contributed by atoms with Crippen molar-refractivity contribution in [2.75, 3.05) is 24.6 Å². The highest BCUT2D eigenvalue weighted by molar-refractivity contribution is 5.92. The average Bonchev–Trinajstić information content (AvgIpc) is 3.02. The van der Waals surface area contributed by atoms with E-state index in [1.807, 2.05) is 37.3 Å². The maximum absolute atomic E-state index is 13.6. The number of benzene rings is 3. The average molecular weight is 575 g/mol. The molecule has 3 aromatic rings. The van der Waals surface area contributed by atoms with Crippen molar-refractivity contribution >= 4 is 23.5 Å². The van der Waals surface area contributed by atoms with Gasteiger partial charge >= 0.3 is 6.03 Å². The molecule has 42 heavy (non-hydrogen) atoms. The minimum Gasteiger partial charge on any atom is -0.395 e. The SMILES string of the molecule is CCN(CCO)C(=O)N(Cc1ccc(C2CCCCC2C(=O)NC(C(N)=O)c2ccccc2)cc1)c1ccc(F)cc1. The molecule has 222 valence electrons. The van der Waals surface area contributed by atoms with Gasteiger partial charge in [0, 0.05) is 24.7 Å². The molecule has 4 amide bonds. The molecule has 1 aliphatic carbocycles. The molecule has 3 aromatic carbocycles. The zero-order valence-corrected chi connectivity index (χ0v) is 23.9. The Morgan fingerprint density at radius 1 is 0.976 bits per heavy atom. The van der Waals surface area contributed by atoms with E-state index in [1.165, 1.54) is 17.0 Å². The van der Waals surface area contributed by atoms with Gasteiger partial charge in [-0.1, -0.05) is 67.4 Å². The van der Waals surface area contributed by atoms with Crippen LogP contribution < -0.4 is 16.0 Å². The van der Waals surface area contributed by atoms with Crippen LogP contribution in [-0.4, -0.2) is 47.5 Å². The molecule has 0 aromatic heterocycles. The van der Waals surface area contributed by atoms with Crippen LogP contribution in [0, 0.1) is 11.7 Å². The topological polar surface area (TPSA) is 116 Å². The lowest BCUT2D eigenvalue weighted by atomic mass is 9.74. The van der Waals surface area contributed by atoms with Gasteiger partial charge in [-0.15, -0.1) is 0 Å². The number of nitrogens with one attached hydrogen (secondary N) is 1. The zero-order valence-electron chi connectivity index (χ0n) is 23.9. The summed E-state index contributed by atoms with van der Waals surface area (Å²) in [5.41, 5.74) is 8.73. The minimum atomic E-state index is -0.896. The number of hydrogen-bond donors (Lipinski definition) is 3. The number of carbonyl (C=O) groups excluding carboxylic acids is 3. The number of likely N-dealkylation sites (N-methyl/N-ethyl adjacent to an activating group) is 1. The molecular formula is C33H39FN4O4. The second kappa shape index (κ2) is 14.6. The van der Waals surface area contributed by atoms with Crippen LogP contribution in [0.15, 0.2) is 78.9 Å². The molecule has 1 fully saturated rings. The van der Waals surface area contributed by atoms with Gasteiger partial charge in [-0.2, -0.15) is 0 Å². The fourth-order valence-corrected chi connectivity index (χ4v) is 5.68. The Morgan fingerprint density at radius 2 is 1.64 bits per heavy atom. The Bertz CT molecular complexity index is 1330. The van der Waals surface area contributed by atoms with Crippen LogP contribution in [0.25, 0.3) is 0 Å². The molecule has 0 aliphatic heterocycles. The first-order valence-electron chi connectivity index (χ1n) is 14.5. The fourth-order valence-electron chi connectivity index (χ4n) is 5.68. The van der Waals surface area contributed by atoms with E-state index in [-0.39, 0.29) is 43.5 Å². The van der Waals surface area contributed by atoms with E-state index >= 15 is 0 Å². The summed E-state index contributed by atoms with van der Waals surface area (Å²) < 4.78 is 13.6. The summed E-state index contributed by atoms with van der Waals surface area (Å²) >= 11 is 0. The van der Waals surface area contributed by atoms with Crippen LogP contribution >= 0.6 is 0 Å². The highest BCUT2D eigenvalue weighted by atomic mass is 19.1. The van der Waals surface area contributed by atoms with Crippen molar-refractivity contribution < 1.29 is 23.9 Å². The third-order valence-electron chi connectivity index (χ3n) is 7.95. The number of nitrogens with zero attached hydrogens (tertiary/aromatic N) is 2. The summed E-state index contributed by atoms with van der Waals surface area (Å²) in [6.07, 6.45) is 3.48. The van der Waals surface area contributed by atoms with Crippen LogP contribution in [0.4, 0.5) is 14.9 Å². The van der Waals surface area contributed by atoms with Gasteiger partial charge in [0.25, 0.3) is 0 Å². The summed E-state index contributed by atoms with van der Waals surface area (Å²) in [6.45, 7) is 2.54. The molecule has 4 rings (SSSR count). The molecule has 0 spiro atoms. The third-order valence-corrected chi connectivity index (χ3v) is 7.95. The number of urea groups is 1. The number of anilines is 1. The molecule has 1 aliphatic rings. The first kappa shape index (κ1) is 30.7. The normalized spacial score (nSPS) is 17.2. The van der Waals surface area contributed by atoms with Crippen molar-refractivity contribution in [2.45, 2.75) is 51.1 Å².